The van der Waals surface area contributed by atoms with E-state index in [0.717, 1.165) is 95.5 Å². The monoisotopic (exact) mass is 942 g/mol. The molecule has 4 heterocycles. The van der Waals surface area contributed by atoms with Crippen LogP contribution in [0.4, 0.5) is 23.0 Å². The van der Waals surface area contributed by atoms with Crippen molar-refractivity contribution < 1.29 is 68.6 Å². The Balaban J connectivity index is 0.000000250. The zero-order chi connectivity index (χ0) is 47.7. The molecule has 0 spiro atoms. The molecular weight excluding hydrogens is 885 g/mol. The number of carboxylic acid groups (broad SMARTS) is 2. The van der Waals surface area contributed by atoms with E-state index in [1.54, 1.807) is 56.9 Å². The highest BCUT2D eigenvalue weighted by molar-refractivity contribution is 5.95. The first-order valence-electron chi connectivity index (χ1n) is 20.5. The van der Waals surface area contributed by atoms with E-state index in [0.29, 0.717) is 46.5 Å². The number of ether oxygens (including phenoxy) is 8. The number of nitrogens with zero attached hydrogens (tertiary/aromatic N) is 4. The van der Waals surface area contributed by atoms with Gasteiger partial charge in [0.25, 0.3) is 0 Å². The van der Waals surface area contributed by atoms with Crippen LogP contribution >= 0.6 is 0 Å². The second-order valence-corrected chi connectivity index (χ2v) is 14.9. The third kappa shape index (κ3) is 11.6. The molecule has 20 heteroatoms. The van der Waals surface area contributed by atoms with Gasteiger partial charge in [0.2, 0.25) is 0 Å². The summed E-state index contributed by atoms with van der Waals surface area (Å²) in [6.07, 6.45) is 2.90. The number of nitrogen functional groups attached to an aromatic ring is 2. The minimum Gasteiger partial charge on any atom is -0.493 e. The molecule has 8 rings (SSSR count). The summed E-state index contributed by atoms with van der Waals surface area (Å²) in [7, 11) is 13.1. The van der Waals surface area contributed by atoms with Crippen molar-refractivity contribution in [2.24, 2.45) is 0 Å². The van der Waals surface area contributed by atoms with E-state index in [-0.39, 0.29) is 11.0 Å². The van der Waals surface area contributed by atoms with Crippen LogP contribution in [-0.2, 0) is 35.5 Å². The Morgan fingerprint density at radius 1 is 0.471 bits per heavy atom. The van der Waals surface area contributed by atoms with Gasteiger partial charge < -0.3 is 80.3 Å². The van der Waals surface area contributed by atoms with E-state index in [4.69, 9.17) is 69.5 Å². The quantitative estimate of drug-likeness (QED) is 0.119. The number of hydrogen-bond donors (Lipinski definition) is 4. The summed E-state index contributed by atoms with van der Waals surface area (Å²) < 4.78 is 43.4. The second kappa shape index (κ2) is 23.4. The van der Waals surface area contributed by atoms with Crippen LogP contribution in [0.25, 0.3) is 21.8 Å². The number of nitrogens with two attached hydrogens (primary N) is 2. The number of hydrogen-bond acceptors (Lipinski definition) is 16. The average Bonchev–Trinajstić information content (AvgIpc) is 3.33. The van der Waals surface area contributed by atoms with E-state index in [1.807, 2.05) is 48.5 Å². The molecule has 0 aliphatic carbocycles. The van der Waals surface area contributed by atoms with Gasteiger partial charge in [-0.3, -0.25) is 0 Å². The summed E-state index contributed by atoms with van der Waals surface area (Å²) in [5.74, 6) is 4.66. The van der Waals surface area contributed by atoms with Crippen molar-refractivity contribution in [3.8, 4) is 46.0 Å². The molecule has 0 fully saturated rings. The van der Waals surface area contributed by atoms with Crippen LogP contribution in [-0.4, -0.2) is 113 Å². The maximum atomic E-state index is 9.55. The minimum absolute atomic E-state index is 0. The van der Waals surface area contributed by atoms with E-state index in [2.05, 4.69) is 21.9 Å². The molecule has 10 N–H and O–H groups in total. The van der Waals surface area contributed by atoms with E-state index in [9.17, 15) is 9.59 Å². The van der Waals surface area contributed by atoms with Crippen LogP contribution in [0.15, 0.2) is 72.8 Å². The van der Waals surface area contributed by atoms with Crippen LogP contribution in [0.2, 0.25) is 0 Å². The molecule has 4 aromatic carbocycles. The Morgan fingerprint density at radius 3 is 1.04 bits per heavy atom. The van der Waals surface area contributed by atoms with Gasteiger partial charge in [-0.05, 0) is 71.5 Å². The largest absolute Gasteiger partial charge is 0.493 e. The van der Waals surface area contributed by atoms with Gasteiger partial charge in [-0.25, -0.2) is 19.6 Å². The molecule has 0 amide bonds. The fourth-order valence-electron chi connectivity index (χ4n) is 7.75. The van der Waals surface area contributed by atoms with Crippen molar-refractivity contribution in [2.45, 2.75) is 25.9 Å². The third-order valence-corrected chi connectivity index (χ3v) is 11.1. The third-order valence-electron chi connectivity index (χ3n) is 11.1. The number of rotatable bonds is 12. The molecule has 0 unspecified atom stereocenters. The fraction of sp³-hybridized carbons (Fsp3) is 0.292. The summed E-state index contributed by atoms with van der Waals surface area (Å²) in [4.78, 5) is 33.2. The van der Waals surface area contributed by atoms with Crippen LogP contribution in [0, 0.1) is 0 Å². The van der Waals surface area contributed by atoms with Crippen molar-refractivity contribution in [3.05, 3.63) is 95.1 Å². The molecule has 6 aromatic rings. The van der Waals surface area contributed by atoms with Crippen molar-refractivity contribution in [1.29, 1.82) is 0 Å². The number of aromatic nitrogens is 2. The van der Waals surface area contributed by atoms with Crippen molar-refractivity contribution in [3.63, 3.8) is 0 Å². The molecule has 364 valence electrons. The molecule has 0 saturated heterocycles. The maximum Gasteiger partial charge on any atom is 0.328 e. The molecule has 0 bridgehead atoms. The number of carbonyl (C=O) groups is 2. The summed E-state index contributed by atoms with van der Waals surface area (Å²) in [5.41, 5.74) is 20.5. The lowest BCUT2D eigenvalue weighted by Gasteiger charge is -2.31. The van der Waals surface area contributed by atoms with Crippen LogP contribution in [0.5, 0.6) is 46.0 Å². The lowest BCUT2D eigenvalue weighted by molar-refractivity contribution is -0.134. The maximum absolute atomic E-state index is 9.55. The Kier molecular flexibility index (Phi) is 18.1. The van der Waals surface area contributed by atoms with Gasteiger partial charge in [0.15, 0.2) is 46.0 Å². The first-order chi connectivity index (χ1) is 31.8. The molecule has 0 radical (unpaired) electrons. The average molecular weight is 943 g/mol. The van der Waals surface area contributed by atoms with E-state index >= 15 is 0 Å². The molecule has 2 aromatic heterocycles. The zero-order valence-corrected chi connectivity index (χ0v) is 39.1. The van der Waals surface area contributed by atoms with Crippen LogP contribution in [0.3, 0.4) is 0 Å². The SMILES string of the molecule is COc1cc2c(cc1OC)CN(c1cc(N)c3cc(OC)c(OC)cc3n1)CC2.COc1cc2c(cc1OC)CN(c1cc(N)c3cc(OC)c(OC)cc3n1)CC2.O.O.O=C(O)/C=C/C(=O)O. The molecular formula is C48H58N6O14. The van der Waals surface area contributed by atoms with E-state index < -0.39 is 11.9 Å². The lowest BCUT2D eigenvalue weighted by Crippen LogP contribution is -2.31. The molecule has 68 heavy (non-hydrogen) atoms. The van der Waals surface area contributed by atoms with Crippen molar-refractivity contribution in [1.82, 2.24) is 9.97 Å². The number of aliphatic carboxylic acids is 2. The highest BCUT2D eigenvalue weighted by Gasteiger charge is 2.24. The van der Waals surface area contributed by atoms with Crippen LogP contribution < -0.4 is 59.2 Å². The van der Waals surface area contributed by atoms with Gasteiger partial charge in [0.1, 0.15) is 11.6 Å². The van der Waals surface area contributed by atoms with Crippen LogP contribution in [0.1, 0.15) is 22.3 Å². The Bertz CT molecular complexity index is 2600. The summed E-state index contributed by atoms with van der Waals surface area (Å²) in [6, 6.07) is 19.5. The first kappa shape index (κ1) is 52.5. The number of methoxy groups -OCH3 is 8. The smallest absolute Gasteiger partial charge is 0.328 e. The Labute approximate surface area is 392 Å². The Hall–Kier alpha value is -8.10. The number of benzene rings is 4. The number of pyridine rings is 2. The fourth-order valence-corrected chi connectivity index (χ4v) is 7.75. The van der Waals surface area contributed by atoms with Gasteiger partial charge >= 0.3 is 11.9 Å². The molecule has 2 aliphatic heterocycles. The van der Waals surface area contributed by atoms with Gasteiger partial charge in [-0.1, -0.05) is 0 Å². The van der Waals surface area contributed by atoms with Gasteiger partial charge in [-0.2, -0.15) is 0 Å². The standard InChI is InChI=1S/2C22H25N3O4.C4H4O4.2H2O/c2*1-26-18-7-13-5-6-25(12-14(13)8-19(18)27-2)22-10-16(23)15-9-20(28-3)21(29-4)11-17(15)24-22;5-3(6)1-2-4(7)8;;/h2*7-11H,5-6,12H2,1-4H3,(H2,23,24);1-2H,(H,5,6)(H,7,8);2*1H2/b;;2-1+;;. The van der Waals surface area contributed by atoms with Crippen molar-refractivity contribution >= 4 is 56.8 Å². The number of anilines is 4. The molecule has 2 aliphatic rings. The number of fused-ring (bicyclic) bond motifs is 4. The molecule has 0 saturated carbocycles. The van der Waals surface area contributed by atoms with Gasteiger partial charge in [0, 0.05) is 84.7 Å². The highest BCUT2D eigenvalue weighted by Crippen LogP contribution is 2.40. The normalized spacial score (nSPS) is 12.4. The molecule has 0 atom stereocenters. The lowest BCUT2D eigenvalue weighted by atomic mass is 9.98. The number of carboxylic acids is 2. The predicted molar refractivity (Wildman–Crippen MR) is 259 cm³/mol. The first-order valence-corrected chi connectivity index (χ1v) is 20.5. The summed E-state index contributed by atoms with van der Waals surface area (Å²) in [6.45, 7) is 3.13. The summed E-state index contributed by atoms with van der Waals surface area (Å²) in [5, 5.41) is 17.3. The predicted octanol–water partition coefficient (Wildman–Crippen LogP) is 4.89. The van der Waals surface area contributed by atoms with Crippen molar-refractivity contribution in [2.75, 3.05) is 91.2 Å². The summed E-state index contributed by atoms with van der Waals surface area (Å²) >= 11 is 0. The second-order valence-electron chi connectivity index (χ2n) is 14.9. The van der Waals surface area contributed by atoms with Gasteiger partial charge in [-0.15, -0.1) is 0 Å². The Morgan fingerprint density at radius 2 is 0.750 bits per heavy atom. The zero-order valence-electron chi connectivity index (χ0n) is 39.1. The van der Waals surface area contributed by atoms with E-state index in [1.165, 1.54) is 22.3 Å². The van der Waals surface area contributed by atoms with Gasteiger partial charge in [0.05, 0.1) is 67.9 Å². The highest BCUT2D eigenvalue weighted by atomic mass is 16.5. The minimum atomic E-state index is -1.26. The topological polar surface area (TPSA) is 296 Å². The molecule has 20 nitrogen and oxygen atoms in total.